The van der Waals surface area contributed by atoms with E-state index >= 15 is 0 Å². The van der Waals surface area contributed by atoms with Gasteiger partial charge in [0.1, 0.15) is 18.0 Å². The number of hydrogen-bond donors (Lipinski definition) is 1. The van der Waals surface area contributed by atoms with Gasteiger partial charge in [0.25, 0.3) is 5.91 Å². The summed E-state index contributed by atoms with van der Waals surface area (Å²) in [7, 11) is 4.09. The Morgan fingerprint density at radius 1 is 1.22 bits per heavy atom. The van der Waals surface area contributed by atoms with Crippen LogP contribution in [0.1, 0.15) is 16.8 Å². The van der Waals surface area contributed by atoms with E-state index in [-0.39, 0.29) is 12.0 Å². The number of imidazole rings is 1. The maximum absolute atomic E-state index is 12.5. The van der Waals surface area contributed by atoms with Gasteiger partial charge in [0.15, 0.2) is 6.10 Å². The van der Waals surface area contributed by atoms with Crippen LogP contribution in [0.25, 0.3) is 16.8 Å². The number of aromatic nitrogens is 4. The second-order valence-corrected chi connectivity index (χ2v) is 8.98. The van der Waals surface area contributed by atoms with Gasteiger partial charge in [-0.1, -0.05) is 23.4 Å². The van der Waals surface area contributed by atoms with E-state index in [0.717, 1.165) is 41.3 Å². The standard InChI is InChI=1S/C26H29N7O3/c1-31(2)11-12-33-17-20(14-29-33)23-5-3-4-6-24(23)35-18-22-13-21(30-36-22)15-28-26(34)19-7-8-25-27-9-10-32(25)16-19/h3-10,14,16-17,22H,11-13,15,18H2,1-2H3,(H,28,34). The molecule has 0 radical (unpaired) electrons. The molecule has 4 heterocycles. The van der Waals surface area contributed by atoms with Gasteiger partial charge in [0.2, 0.25) is 0 Å². The van der Waals surface area contributed by atoms with Crippen LogP contribution < -0.4 is 10.1 Å². The van der Waals surface area contributed by atoms with Crippen LogP contribution in [-0.4, -0.2) is 75.6 Å². The minimum Gasteiger partial charge on any atom is -0.489 e. The number of amides is 1. The first-order valence-corrected chi connectivity index (χ1v) is 11.9. The summed E-state index contributed by atoms with van der Waals surface area (Å²) in [4.78, 5) is 24.4. The zero-order chi connectivity index (χ0) is 24.9. The minimum atomic E-state index is -0.213. The van der Waals surface area contributed by atoms with Crippen molar-refractivity contribution in [2.24, 2.45) is 5.16 Å². The molecule has 1 aromatic carbocycles. The van der Waals surface area contributed by atoms with Gasteiger partial charge in [-0.15, -0.1) is 0 Å². The SMILES string of the molecule is CN(C)CCn1cc(-c2ccccc2OCC2CC(CNC(=O)c3ccc4nccn4c3)=NO2)cn1. The molecule has 10 nitrogen and oxygen atoms in total. The van der Waals surface area contributed by atoms with Crippen LogP contribution in [0.15, 0.2) is 72.5 Å². The molecule has 1 aliphatic rings. The van der Waals surface area contributed by atoms with Crippen LogP contribution in [0, 0.1) is 0 Å². The molecule has 1 aliphatic heterocycles. The van der Waals surface area contributed by atoms with E-state index in [0.29, 0.717) is 25.1 Å². The Balaban J connectivity index is 1.12. The molecule has 1 atom stereocenters. The van der Waals surface area contributed by atoms with E-state index in [1.165, 1.54) is 0 Å². The molecule has 1 unspecified atom stereocenters. The summed E-state index contributed by atoms with van der Waals surface area (Å²) in [5.74, 6) is 0.595. The summed E-state index contributed by atoms with van der Waals surface area (Å²) >= 11 is 0. The topological polar surface area (TPSA) is 98.3 Å². The van der Waals surface area contributed by atoms with Gasteiger partial charge in [-0.25, -0.2) is 4.98 Å². The number of fused-ring (bicyclic) bond motifs is 1. The quantitative estimate of drug-likeness (QED) is 0.369. The molecule has 0 fully saturated rings. The van der Waals surface area contributed by atoms with Crippen molar-refractivity contribution in [1.29, 1.82) is 0 Å². The van der Waals surface area contributed by atoms with E-state index < -0.39 is 0 Å². The van der Waals surface area contributed by atoms with Gasteiger partial charge in [0, 0.05) is 48.9 Å². The predicted octanol–water partition coefficient (Wildman–Crippen LogP) is 2.71. The zero-order valence-corrected chi connectivity index (χ0v) is 20.4. The monoisotopic (exact) mass is 487 g/mol. The number of carbonyl (C=O) groups is 1. The normalized spacial score (nSPS) is 15.2. The maximum atomic E-state index is 12.5. The number of nitrogens with one attached hydrogen (secondary N) is 1. The molecular weight excluding hydrogens is 458 g/mol. The van der Waals surface area contributed by atoms with Gasteiger partial charge in [-0.05, 0) is 32.3 Å². The molecular formula is C26H29N7O3. The van der Waals surface area contributed by atoms with Crippen molar-refractivity contribution >= 4 is 17.3 Å². The highest BCUT2D eigenvalue weighted by molar-refractivity contribution is 5.98. The third-order valence-corrected chi connectivity index (χ3v) is 5.93. The first-order valence-electron chi connectivity index (χ1n) is 11.9. The number of hydrogen-bond acceptors (Lipinski definition) is 7. The van der Waals surface area contributed by atoms with Gasteiger partial charge in [-0.2, -0.15) is 5.10 Å². The van der Waals surface area contributed by atoms with Crippen LogP contribution in [0.3, 0.4) is 0 Å². The molecule has 3 aromatic heterocycles. The van der Waals surface area contributed by atoms with Crippen LogP contribution >= 0.6 is 0 Å². The van der Waals surface area contributed by atoms with Crippen LogP contribution in [0.5, 0.6) is 5.75 Å². The summed E-state index contributed by atoms with van der Waals surface area (Å²) in [6.07, 6.45) is 9.53. The summed E-state index contributed by atoms with van der Waals surface area (Å²) in [6.45, 7) is 2.41. The van der Waals surface area contributed by atoms with Crippen molar-refractivity contribution in [2.45, 2.75) is 19.1 Å². The third kappa shape index (κ3) is 5.55. The third-order valence-electron chi connectivity index (χ3n) is 5.93. The number of nitrogens with zero attached hydrogens (tertiary/aromatic N) is 6. The Bertz CT molecular complexity index is 1370. The highest BCUT2D eigenvalue weighted by Crippen LogP contribution is 2.30. The number of rotatable bonds is 10. The van der Waals surface area contributed by atoms with E-state index in [2.05, 4.69) is 25.5 Å². The lowest BCUT2D eigenvalue weighted by Gasteiger charge is -2.13. The predicted molar refractivity (Wildman–Crippen MR) is 136 cm³/mol. The summed E-state index contributed by atoms with van der Waals surface area (Å²) in [6, 6.07) is 11.5. The van der Waals surface area contributed by atoms with Crippen LogP contribution in [-0.2, 0) is 11.4 Å². The lowest BCUT2D eigenvalue weighted by molar-refractivity contribution is 0.0472. The number of para-hydroxylation sites is 1. The second-order valence-electron chi connectivity index (χ2n) is 8.98. The number of likely N-dealkylation sites (N-methyl/N-ethyl adjacent to an activating group) is 1. The average molecular weight is 488 g/mol. The van der Waals surface area contributed by atoms with Crippen molar-refractivity contribution in [3.63, 3.8) is 0 Å². The van der Waals surface area contributed by atoms with Gasteiger partial charge >= 0.3 is 0 Å². The van der Waals surface area contributed by atoms with Crippen LogP contribution in [0.4, 0.5) is 0 Å². The smallest absolute Gasteiger partial charge is 0.253 e. The summed E-state index contributed by atoms with van der Waals surface area (Å²) in [5.41, 5.74) is 4.11. The molecule has 1 N–H and O–H groups in total. The van der Waals surface area contributed by atoms with Crippen molar-refractivity contribution in [1.82, 2.24) is 29.4 Å². The Morgan fingerprint density at radius 2 is 2.11 bits per heavy atom. The zero-order valence-electron chi connectivity index (χ0n) is 20.4. The Morgan fingerprint density at radius 3 is 3.00 bits per heavy atom. The van der Waals surface area contributed by atoms with Crippen molar-refractivity contribution in [3.05, 3.63) is 72.9 Å². The number of oxime groups is 1. The molecule has 0 aliphatic carbocycles. The Kier molecular flexibility index (Phi) is 6.94. The first kappa shape index (κ1) is 23.6. The molecule has 0 saturated carbocycles. The van der Waals surface area contributed by atoms with Gasteiger partial charge in [0.05, 0.1) is 30.6 Å². The van der Waals surface area contributed by atoms with Gasteiger partial charge in [-0.3, -0.25) is 9.48 Å². The summed E-state index contributed by atoms with van der Waals surface area (Å²) in [5, 5.41) is 11.5. The van der Waals surface area contributed by atoms with E-state index in [1.54, 1.807) is 24.7 Å². The Labute approximate surface area is 209 Å². The fourth-order valence-electron chi connectivity index (χ4n) is 3.96. The van der Waals surface area contributed by atoms with Crippen LogP contribution in [0.2, 0.25) is 0 Å². The molecule has 5 rings (SSSR count). The number of ether oxygens (including phenoxy) is 1. The lowest BCUT2D eigenvalue weighted by Crippen LogP contribution is -2.30. The minimum absolute atomic E-state index is 0.173. The highest BCUT2D eigenvalue weighted by Gasteiger charge is 2.23. The molecule has 36 heavy (non-hydrogen) atoms. The maximum Gasteiger partial charge on any atom is 0.253 e. The fraction of sp³-hybridized carbons (Fsp3) is 0.308. The number of carbonyl (C=O) groups excluding carboxylic acids is 1. The largest absolute Gasteiger partial charge is 0.489 e. The first-order chi connectivity index (χ1) is 17.5. The molecule has 0 saturated heterocycles. The van der Waals surface area contributed by atoms with E-state index in [9.17, 15) is 4.79 Å². The van der Waals surface area contributed by atoms with Crippen molar-refractivity contribution in [2.75, 3.05) is 33.8 Å². The lowest BCUT2D eigenvalue weighted by atomic mass is 10.1. The molecule has 4 aromatic rings. The second kappa shape index (κ2) is 10.6. The number of pyridine rings is 1. The molecule has 10 heteroatoms. The molecule has 1 amide bonds. The highest BCUT2D eigenvalue weighted by atomic mass is 16.7. The van der Waals surface area contributed by atoms with Crippen molar-refractivity contribution < 1.29 is 14.4 Å². The molecule has 0 bridgehead atoms. The molecule has 0 spiro atoms. The summed E-state index contributed by atoms with van der Waals surface area (Å²) < 4.78 is 9.87. The Hall–Kier alpha value is -4.18. The fourth-order valence-corrected chi connectivity index (χ4v) is 3.96. The van der Waals surface area contributed by atoms with Crippen molar-refractivity contribution in [3.8, 4) is 16.9 Å². The average Bonchev–Trinajstić information content (AvgIpc) is 3.65. The van der Waals surface area contributed by atoms with Gasteiger partial charge < -0.3 is 24.2 Å². The number of benzene rings is 1. The van der Waals surface area contributed by atoms with E-state index in [1.807, 2.05) is 65.9 Å². The molecule has 186 valence electrons. The van der Waals surface area contributed by atoms with E-state index in [4.69, 9.17) is 9.57 Å².